The molecule has 0 saturated carbocycles. The molecule has 4 rings (SSSR count). The van der Waals surface area contributed by atoms with Crippen molar-refractivity contribution in [1.82, 2.24) is 25.1 Å². The SMILES string of the molecule is Cc1[nH]nc(-c2cc(Cl)nc(N)n2)c1C=CCN1CCN(c2cc(F)cc(F)c2)C[C@H]1C. The van der Waals surface area contributed by atoms with E-state index in [-0.39, 0.29) is 17.1 Å². The Bertz CT molecular complexity index is 1110. The van der Waals surface area contributed by atoms with Gasteiger partial charge in [0.1, 0.15) is 22.5 Å². The summed E-state index contributed by atoms with van der Waals surface area (Å²) in [7, 11) is 0. The van der Waals surface area contributed by atoms with Crippen molar-refractivity contribution in [3.63, 3.8) is 0 Å². The molecule has 1 atom stereocenters. The van der Waals surface area contributed by atoms with Crippen LogP contribution in [0.15, 0.2) is 30.3 Å². The second kappa shape index (κ2) is 9.22. The number of aromatic nitrogens is 4. The van der Waals surface area contributed by atoms with Crippen LogP contribution in [-0.4, -0.2) is 57.3 Å². The zero-order valence-corrected chi connectivity index (χ0v) is 18.6. The number of piperazine rings is 1. The van der Waals surface area contributed by atoms with Crippen LogP contribution in [0.1, 0.15) is 18.2 Å². The zero-order chi connectivity index (χ0) is 22.8. The third-order valence-electron chi connectivity index (χ3n) is 5.55. The highest BCUT2D eigenvalue weighted by molar-refractivity contribution is 6.29. The number of halogens is 3. The van der Waals surface area contributed by atoms with E-state index in [0.29, 0.717) is 30.2 Å². The summed E-state index contributed by atoms with van der Waals surface area (Å²) in [4.78, 5) is 12.5. The van der Waals surface area contributed by atoms with E-state index in [9.17, 15) is 8.78 Å². The lowest BCUT2D eigenvalue weighted by Gasteiger charge is -2.40. The molecular formula is C22H24ClF2N7. The molecule has 0 spiro atoms. The number of benzene rings is 1. The molecule has 1 aliphatic rings. The fourth-order valence-electron chi connectivity index (χ4n) is 3.92. The summed E-state index contributed by atoms with van der Waals surface area (Å²) in [5.41, 5.74) is 9.30. The van der Waals surface area contributed by atoms with Crippen molar-refractivity contribution < 1.29 is 8.78 Å². The molecule has 0 unspecified atom stereocenters. The highest BCUT2D eigenvalue weighted by atomic mass is 35.5. The van der Waals surface area contributed by atoms with Crippen molar-refractivity contribution in [2.24, 2.45) is 0 Å². The largest absolute Gasteiger partial charge is 0.369 e. The molecule has 7 nitrogen and oxygen atoms in total. The average Bonchev–Trinajstić information content (AvgIpc) is 3.08. The van der Waals surface area contributed by atoms with Crippen LogP contribution in [-0.2, 0) is 0 Å². The minimum atomic E-state index is -0.559. The summed E-state index contributed by atoms with van der Waals surface area (Å²) in [6.07, 6.45) is 4.07. The van der Waals surface area contributed by atoms with Crippen LogP contribution in [0.5, 0.6) is 0 Å². The number of nitrogens with one attached hydrogen (secondary N) is 1. The lowest BCUT2D eigenvalue weighted by molar-refractivity contribution is 0.210. The van der Waals surface area contributed by atoms with Gasteiger partial charge in [0.15, 0.2) is 0 Å². The second-order valence-corrected chi connectivity index (χ2v) is 8.25. The first-order valence-electron chi connectivity index (χ1n) is 10.3. The maximum atomic E-state index is 13.6. The summed E-state index contributed by atoms with van der Waals surface area (Å²) < 4.78 is 27.1. The summed E-state index contributed by atoms with van der Waals surface area (Å²) >= 11 is 6.02. The van der Waals surface area contributed by atoms with Gasteiger partial charge in [0.25, 0.3) is 0 Å². The van der Waals surface area contributed by atoms with E-state index >= 15 is 0 Å². The fourth-order valence-corrected chi connectivity index (χ4v) is 4.11. The number of anilines is 2. The number of hydrogen-bond acceptors (Lipinski definition) is 6. The van der Waals surface area contributed by atoms with Crippen molar-refractivity contribution in [2.75, 3.05) is 36.8 Å². The number of nitrogens with two attached hydrogens (primary N) is 1. The molecule has 1 aliphatic heterocycles. The Morgan fingerprint density at radius 3 is 2.62 bits per heavy atom. The van der Waals surface area contributed by atoms with Crippen LogP contribution in [0.3, 0.4) is 0 Å². The maximum Gasteiger partial charge on any atom is 0.222 e. The van der Waals surface area contributed by atoms with Crippen molar-refractivity contribution in [3.05, 3.63) is 58.4 Å². The topological polar surface area (TPSA) is 87.0 Å². The van der Waals surface area contributed by atoms with Crippen molar-refractivity contribution >= 4 is 29.3 Å². The van der Waals surface area contributed by atoms with Gasteiger partial charge < -0.3 is 10.6 Å². The predicted molar refractivity (Wildman–Crippen MR) is 122 cm³/mol. The molecule has 1 aromatic carbocycles. The molecule has 0 radical (unpaired) electrons. The molecule has 1 fully saturated rings. The van der Waals surface area contributed by atoms with E-state index in [1.54, 1.807) is 6.07 Å². The van der Waals surface area contributed by atoms with Gasteiger partial charge in [-0.1, -0.05) is 23.8 Å². The first-order chi connectivity index (χ1) is 15.3. The normalized spacial score (nSPS) is 17.4. The quantitative estimate of drug-likeness (QED) is 0.562. The number of aromatic amines is 1. The Morgan fingerprint density at radius 2 is 1.94 bits per heavy atom. The molecule has 3 heterocycles. The van der Waals surface area contributed by atoms with E-state index < -0.39 is 11.6 Å². The summed E-state index contributed by atoms with van der Waals surface area (Å²) in [5.74, 6) is -1.03. The molecular weight excluding hydrogens is 436 g/mol. The van der Waals surface area contributed by atoms with Crippen LogP contribution >= 0.6 is 11.6 Å². The second-order valence-electron chi connectivity index (χ2n) is 7.86. The maximum absolute atomic E-state index is 13.6. The molecule has 0 amide bonds. The molecule has 32 heavy (non-hydrogen) atoms. The monoisotopic (exact) mass is 459 g/mol. The molecule has 168 valence electrons. The lowest BCUT2D eigenvalue weighted by Crippen LogP contribution is -2.51. The molecule has 1 saturated heterocycles. The van der Waals surface area contributed by atoms with E-state index in [1.807, 2.05) is 17.9 Å². The molecule has 3 aromatic rings. The summed E-state index contributed by atoms with van der Waals surface area (Å²) in [6, 6.07) is 5.48. The van der Waals surface area contributed by atoms with Gasteiger partial charge in [-0.25, -0.2) is 18.7 Å². The average molecular weight is 460 g/mol. The van der Waals surface area contributed by atoms with Gasteiger partial charge in [0.2, 0.25) is 5.95 Å². The van der Waals surface area contributed by atoms with Crippen LogP contribution in [0.2, 0.25) is 5.15 Å². The van der Waals surface area contributed by atoms with Crippen molar-refractivity contribution in [2.45, 2.75) is 19.9 Å². The smallest absolute Gasteiger partial charge is 0.222 e. The number of nitrogen functional groups attached to an aromatic ring is 1. The standard InChI is InChI=1S/C22H24ClF2N7/c1-13-12-32(17-9-15(24)8-16(25)10-17)7-6-31(13)5-3-4-18-14(2)29-30-21(18)19-11-20(23)28-22(26)27-19/h3-4,8-11,13H,5-7,12H2,1-2H3,(H,29,30)(H2,26,27,28)/t13-/m1/s1. The molecule has 0 aliphatic carbocycles. The molecule has 3 N–H and O–H groups in total. The van der Waals surface area contributed by atoms with Gasteiger partial charge in [0, 0.05) is 61.3 Å². The van der Waals surface area contributed by atoms with E-state index in [2.05, 4.69) is 38.1 Å². The molecule has 10 heteroatoms. The first-order valence-corrected chi connectivity index (χ1v) is 10.6. The fraction of sp³-hybridized carbons (Fsp3) is 0.318. The highest BCUT2D eigenvalue weighted by Crippen LogP contribution is 2.26. The Morgan fingerprint density at radius 1 is 1.19 bits per heavy atom. The third kappa shape index (κ3) is 4.89. The minimum Gasteiger partial charge on any atom is -0.369 e. The highest BCUT2D eigenvalue weighted by Gasteiger charge is 2.23. The van der Waals surface area contributed by atoms with Crippen molar-refractivity contribution in [1.29, 1.82) is 0 Å². The lowest BCUT2D eigenvalue weighted by atomic mass is 10.1. The Hall–Kier alpha value is -3.04. The van der Waals surface area contributed by atoms with Crippen LogP contribution in [0, 0.1) is 18.6 Å². The summed E-state index contributed by atoms with van der Waals surface area (Å²) in [6.45, 7) is 6.92. The Balaban J connectivity index is 1.44. The number of rotatable bonds is 5. The van der Waals surface area contributed by atoms with Gasteiger partial charge in [0.05, 0.1) is 5.69 Å². The first kappa shape index (κ1) is 22.2. The minimum absolute atomic E-state index is 0.0907. The molecule has 0 bridgehead atoms. The number of nitrogens with zero attached hydrogens (tertiary/aromatic N) is 5. The number of hydrogen-bond donors (Lipinski definition) is 2. The van der Waals surface area contributed by atoms with Gasteiger partial charge >= 0.3 is 0 Å². The van der Waals surface area contributed by atoms with Gasteiger partial charge in [-0.3, -0.25) is 10.00 Å². The van der Waals surface area contributed by atoms with Gasteiger partial charge in [-0.2, -0.15) is 5.10 Å². The van der Waals surface area contributed by atoms with E-state index in [1.165, 1.54) is 12.1 Å². The molecule has 2 aromatic heterocycles. The van der Waals surface area contributed by atoms with Gasteiger partial charge in [-0.05, 0) is 26.0 Å². The summed E-state index contributed by atoms with van der Waals surface area (Å²) in [5, 5.41) is 7.58. The van der Waals surface area contributed by atoms with E-state index in [4.69, 9.17) is 17.3 Å². The van der Waals surface area contributed by atoms with Crippen LogP contribution < -0.4 is 10.6 Å². The Kier molecular flexibility index (Phi) is 6.38. The zero-order valence-electron chi connectivity index (χ0n) is 17.8. The van der Waals surface area contributed by atoms with Crippen molar-refractivity contribution in [3.8, 4) is 11.4 Å². The van der Waals surface area contributed by atoms with Crippen LogP contribution in [0.4, 0.5) is 20.4 Å². The van der Waals surface area contributed by atoms with Gasteiger partial charge in [-0.15, -0.1) is 0 Å². The van der Waals surface area contributed by atoms with Crippen LogP contribution in [0.25, 0.3) is 17.5 Å². The third-order valence-corrected chi connectivity index (χ3v) is 5.74. The predicted octanol–water partition coefficient (Wildman–Crippen LogP) is 3.91. The number of aryl methyl sites for hydroxylation is 1. The Labute approximate surface area is 189 Å². The van der Waals surface area contributed by atoms with E-state index in [0.717, 1.165) is 30.4 Å². The number of H-pyrrole nitrogens is 1.